The summed E-state index contributed by atoms with van der Waals surface area (Å²) in [5.41, 5.74) is -2.84. The molecule has 0 aliphatic heterocycles. The predicted octanol–water partition coefficient (Wildman–Crippen LogP) is 3.08. The number of rotatable bonds is 1. The molecule has 1 N–H and O–H groups in total. The number of nitro benzene ring substituents is 1. The Morgan fingerprint density at radius 3 is 2.27 bits per heavy atom. The van der Waals surface area contributed by atoms with Gasteiger partial charge in [-0.2, -0.15) is 13.2 Å². The van der Waals surface area contributed by atoms with Crippen molar-refractivity contribution in [2.24, 2.45) is 0 Å². The zero-order valence-electron chi connectivity index (χ0n) is 6.88. The van der Waals surface area contributed by atoms with Crippen molar-refractivity contribution >= 4 is 21.6 Å². The third-order valence-electron chi connectivity index (χ3n) is 1.57. The van der Waals surface area contributed by atoms with Crippen LogP contribution in [0, 0.1) is 10.1 Å². The Balaban J connectivity index is 3.60. The number of hydrogen-bond donors (Lipinski definition) is 1. The lowest BCUT2D eigenvalue weighted by molar-refractivity contribution is -0.389. The van der Waals surface area contributed by atoms with Gasteiger partial charge in [-0.3, -0.25) is 10.1 Å². The van der Waals surface area contributed by atoms with Gasteiger partial charge in [0.25, 0.3) is 5.69 Å². The van der Waals surface area contributed by atoms with E-state index in [9.17, 15) is 23.3 Å². The van der Waals surface area contributed by atoms with Crippen molar-refractivity contribution in [2.45, 2.75) is 6.18 Å². The minimum absolute atomic E-state index is 0.336. The Labute approximate surface area is 89.6 Å². The van der Waals surface area contributed by atoms with Gasteiger partial charge in [-0.1, -0.05) is 0 Å². The molecule has 0 heterocycles. The molecular weight excluding hydrogens is 283 g/mol. The number of phenolic OH excluding ortho intramolecular Hbond substituents is 1. The van der Waals surface area contributed by atoms with Gasteiger partial charge in [-0.25, -0.2) is 0 Å². The van der Waals surface area contributed by atoms with Gasteiger partial charge in [0.05, 0.1) is 9.40 Å². The zero-order chi connectivity index (χ0) is 11.8. The molecule has 15 heavy (non-hydrogen) atoms. The fraction of sp³-hybridized carbons (Fsp3) is 0.143. The first-order valence-corrected chi connectivity index (χ1v) is 4.27. The minimum atomic E-state index is -4.98. The molecule has 82 valence electrons. The molecule has 0 atom stereocenters. The number of halogens is 4. The van der Waals surface area contributed by atoms with Crippen LogP contribution in [0.1, 0.15) is 5.56 Å². The molecule has 4 nitrogen and oxygen atoms in total. The molecule has 0 aromatic heterocycles. The van der Waals surface area contributed by atoms with Crippen LogP contribution in [0.3, 0.4) is 0 Å². The lowest BCUT2D eigenvalue weighted by Crippen LogP contribution is -2.09. The Kier molecular flexibility index (Phi) is 2.89. The summed E-state index contributed by atoms with van der Waals surface area (Å²) < 4.78 is 36.8. The minimum Gasteiger partial charge on any atom is -0.507 e. The van der Waals surface area contributed by atoms with E-state index >= 15 is 0 Å². The molecule has 1 aromatic rings. The number of phenols is 1. The number of hydrogen-bond acceptors (Lipinski definition) is 3. The number of benzene rings is 1. The number of nitrogens with zero attached hydrogens (tertiary/aromatic N) is 1. The molecule has 0 saturated heterocycles. The fourth-order valence-corrected chi connectivity index (χ4v) is 1.49. The van der Waals surface area contributed by atoms with E-state index in [1.54, 1.807) is 0 Å². The Morgan fingerprint density at radius 2 is 1.93 bits per heavy atom. The highest BCUT2D eigenvalue weighted by Crippen LogP contribution is 2.44. The second-order valence-corrected chi connectivity index (χ2v) is 3.40. The van der Waals surface area contributed by atoms with E-state index in [-0.39, 0.29) is 4.47 Å². The highest BCUT2D eigenvalue weighted by Gasteiger charge is 2.42. The Morgan fingerprint density at radius 1 is 1.40 bits per heavy atom. The molecule has 0 unspecified atom stereocenters. The quantitative estimate of drug-likeness (QED) is 0.637. The van der Waals surface area contributed by atoms with Gasteiger partial charge in [-0.05, 0) is 28.1 Å². The van der Waals surface area contributed by atoms with Crippen LogP contribution in [-0.2, 0) is 6.18 Å². The summed E-state index contributed by atoms with van der Waals surface area (Å²) in [6.07, 6.45) is -4.98. The van der Waals surface area contributed by atoms with Crippen LogP contribution in [0.5, 0.6) is 5.75 Å². The summed E-state index contributed by atoms with van der Waals surface area (Å²) in [5.74, 6) is -1.17. The third kappa shape index (κ3) is 2.20. The second kappa shape index (κ2) is 3.69. The van der Waals surface area contributed by atoms with Crippen LogP contribution in [0.25, 0.3) is 0 Å². The van der Waals surface area contributed by atoms with Gasteiger partial charge in [0, 0.05) is 0 Å². The number of aromatic hydroxyl groups is 1. The van der Waals surface area contributed by atoms with E-state index in [4.69, 9.17) is 5.11 Å². The van der Waals surface area contributed by atoms with Gasteiger partial charge < -0.3 is 5.11 Å². The van der Waals surface area contributed by atoms with Crippen LogP contribution < -0.4 is 0 Å². The molecular formula is C7H3BrF3NO3. The van der Waals surface area contributed by atoms with Crippen LogP contribution in [-0.4, -0.2) is 10.0 Å². The summed E-state index contributed by atoms with van der Waals surface area (Å²) in [4.78, 5) is 9.20. The van der Waals surface area contributed by atoms with Crippen LogP contribution >= 0.6 is 15.9 Å². The van der Waals surface area contributed by atoms with Crippen molar-refractivity contribution in [3.8, 4) is 5.75 Å². The largest absolute Gasteiger partial charge is 0.507 e. The van der Waals surface area contributed by atoms with Crippen LogP contribution in [0.4, 0.5) is 18.9 Å². The molecule has 0 radical (unpaired) electrons. The lowest BCUT2D eigenvalue weighted by atomic mass is 10.1. The first kappa shape index (κ1) is 11.8. The van der Waals surface area contributed by atoms with Crippen LogP contribution in [0.2, 0.25) is 0 Å². The van der Waals surface area contributed by atoms with Crippen molar-refractivity contribution in [1.82, 2.24) is 0 Å². The highest BCUT2D eigenvalue weighted by molar-refractivity contribution is 9.10. The smallest absolute Gasteiger partial charge is 0.426 e. The molecule has 8 heteroatoms. The van der Waals surface area contributed by atoms with Crippen molar-refractivity contribution < 1.29 is 23.2 Å². The van der Waals surface area contributed by atoms with Gasteiger partial charge in [-0.15, -0.1) is 0 Å². The van der Waals surface area contributed by atoms with Gasteiger partial charge in [0.2, 0.25) is 0 Å². The maximum Gasteiger partial charge on any atom is 0.426 e. The molecule has 0 aliphatic rings. The lowest BCUT2D eigenvalue weighted by Gasteiger charge is -2.09. The molecule has 0 bridgehead atoms. The van der Waals surface area contributed by atoms with Gasteiger partial charge in [0.15, 0.2) is 5.56 Å². The van der Waals surface area contributed by atoms with E-state index in [1.807, 2.05) is 0 Å². The van der Waals surface area contributed by atoms with E-state index in [1.165, 1.54) is 0 Å². The standard InChI is InChI=1S/C7H3BrF3NO3/c8-3-1-2-4(13)5(7(9,10)11)6(3)12(14)15/h1-2,13H. The second-order valence-electron chi connectivity index (χ2n) is 2.54. The van der Waals surface area contributed by atoms with Crippen molar-refractivity contribution in [3.63, 3.8) is 0 Å². The topological polar surface area (TPSA) is 63.4 Å². The highest BCUT2D eigenvalue weighted by atomic mass is 79.9. The Hall–Kier alpha value is -1.31. The summed E-state index contributed by atoms with van der Waals surface area (Å²) >= 11 is 2.62. The first-order valence-electron chi connectivity index (χ1n) is 3.48. The van der Waals surface area contributed by atoms with E-state index < -0.39 is 28.1 Å². The summed E-state index contributed by atoms with van der Waals surface area (Å²) in [5, 5.41) is 19.4. The van der Waals surface area contributed by atoms with Crippen LogP contribution in [0.15, 0.2) is 16.6 Å². The molecule has 0 saturated carbocycles. The van der Waals surface area contributed by atoms with E-state index in [2.05, 4.69) is 15.9 Å². The third-order valence-corrected chi connectivity index (χ3v) is 2.21. The predicted molar refractivity (Wildman–Crippen MR) is 47.5 cm³/mol. The zero-order valence-corrected chi connectivity index (χ0v) is 8.46. The van der Waals surface area contributed by atoms with Gasteiger partial charge in [0.1, 0.15) is 5.75 Å². The maximum absolute atomic E-state index is 12.4. The van der Waals surface area contributed by atoms with Crippen molar-refractivity contribution in [1.29, 1.82) is 0 Å². The molecule has 1 rings (SSSR count). The molecule has 1 aromatic carbocycles. The summed E-state index contributed by atoms with van der Waals surface area (Å²) in [6, 6.07) is 1.71. The number of alkyl halides is 3. The molecule has 0 fully saturated rings. The maximum atomic E-state index is 12.4. The normalized spacial score (nSPS) is 11.5. The summed E-state index contributed by atoms with van der Waals surface area (Å²) in [6.45, 7) is 0. The average molecular weight is 286 g/mol. The Bertz CT molecular complexity index is 419. The average Bonchev–Trinajstić information content (AvgIpc) is 2.05. The van der Waals surface area contributed by atoms with E-state index in [0.717, 1.165) is 12.1 Å². The monoisotopic (exact) mass is 285 g/mol. The molecule has 0 aliphatic carbocycles. The first-order chi connectivity index (χ1) is 6.75. The molecule has 0 amide bonds. The van der Waals surface area contributed by atoms with Gasteiger partial charge >= 0.3 is 6.18 Å². The van der Waals surface area contributed by atoms with Crippen molar-refractivity contribution in [3.05, 3.63) is 32.3 Å². The van der Waals surface area contributed by atoms with E-state index in [0.29, 0.717) is 0 Å². The summed E-state index contributed by atoms with van der Waals surface area (Å²) in [7, 11) is 0. The SMILES string of the molecule is O=[N+]([O-])c1c(Br)ccc(O)c1C(F)(F)F. The van der Waals surface area contributed by atoms with Crippen molar-refractivity contribution in [2.75, 3.05) is 0 Å². The number of nitro groups is 1. The molecule has 0 spiro atoms. The fourth-order valence-electron chi connectivity index (χ4n) is 1.01.